The number of hydrogen-bond acceptors (Lipinski definition) is 3. The van der Waals surface area contributed by atoms with Crippen LogP contribution in [-0.2, 0) is 9.47 Å². The Morgan fingerprint density at radius 3 is 2.54 bits per heavy atom. The van der Waals surface area contributed by atoms with Crippen molar-refractivity contribution in [1.82, 2.24) is 0 Å². The van der Waals surface area contributed by atoms with Crippen molar-refractivity contribution < 1.29 is 22.6 Å². The van der Waals surface area contributed by atoms with Gasteiger partial charge in [-0.2, -0.15) is 13.2 Å². The highest BCUT2D eigenvalue weighted by molar-refractivity contribution is 6.32. The summed E-state index contributed by atoms with van der Waals surface area (Å²) < 4.78 is 54.0. The van der Waals surface area contributed by atoms with E-state index in [1.807, 2.05) is 0 Å². The van der Waals surface area contributed by atoms with Crippen LogP contribution in [-0.4, -0.2) is 36.9 Å². The average Bonchev–Trinajstić information content (AvgIpc) is 3.50. The lowest BCUT2D eigenvalue weighted by molar-refractivity contribution is -0.278. The van der Waals surface area contributed by atoms with Gasteiger partial charge in [0.15, 0.2) is 6.23 Å². The number of hydrogen-bond donors (Lipinski definition) is 0. The normalized spacial score (nSPS) is 36.9. The number of alkyl halides is 3. The topological polar surface area (TPSA) is 30.8 Å². The maximum atomic E-state index is 14.4. The molecule has 0 bridgehead atoms. The van der Waals surface area contributed by atoms with Crippen LogP contribution in [0.1, 0.15) is 12.8 Å². The molecule has 0 amide bonds. The third-order valence-electron chi connectivity index (χ3n) is 5.19. The Labute approximate surface area is 166 Å². The molecule has 0 aromatic carbocycles. The molecule has 4 rings (SSSR count). The van der Waals surface area contributed by atoms with Gasteiger partial charge in [-0.3, -0.25) is 4.99 Å². The monoisotopic (exact) mass is 409 g/mol. The van der Waals surface area contributed by atoms with E-state index >= 15 is 0 Å². The van der Waals surface area contributed by atoms with Gasteiger partial charge in [-0.05, 0) is 25.0 Å². The Morgan fingerprint density at radius 1 is 1.21 bits per heavy atom. The zero-order chi connectivity index (χ0) is 19.9. The molecule has 1 heterocycles. The molecular weight excluding hydrogens is 391 g/mol. The summed E-state index contributed by atoms with van der Waals surface area (Å²) in [6, 6.07) is 0. The number of ether oxygens (including phenoxy) is 2. The van der Waals surface area contributed by atoms with Gasteiger partial charge >= 0.3 is 6.18 Å². The van der Waals surface area contributed by atoms with E-state index in [-0.39, 0.29) is 22.8 Å². The molecule has 0 aromatic heterocycles. The van der Waals surface area contributed by atoms with Crippen molar-refractivity contribution in [1.29, 1.82) is 0 Å². The fourth-order valence-electron chi connectivity index (χ4n) is 3.43. The third-order valence-corrected chi connectivity index (χ3v) is 5.44. The average molecular weight is 410 g/mol. The van der Waals surface area contributed by atoms with Crippen molar-refractivity contribution in [2.45, 2.75) is 37.0 Å². The lowest BCUT2D eigenvalue weighted by Crippen LogP contribution is -2.59. The smallest absolute Gasteiger partial charge is 0.373 e. The lowest BCUT2D eigenvalue weighted by atomic mass is 9.79. The predicted molar refractivity (Wildman–Crippen MR) is 101 cm³/mol. The number of halogens is 4. The molecule has 0 spiro atoms. The first-order valence-corrected chi connectivity index (χ1v) is 9.50. The zero-order valence-corrected chi connectivity index (χ0v) is 15.9. The van der Waals surface area contributed by atoms with Crippen molar-refractivity contribution in [2.24, 2.45) is 22.7 Å². The summed E-state index contributed by atoms with van der Waals surface area (Å²) in [6.45, 7) is 0. The van der Waals surface area contributed by atoms with E-state index in [0.717, 1.165) is 12.8 Å². The number of allylic oxidation sites excluding steroid dienone is 3. The summed E-state index contributed by atoms with van der Waals surface area (Å²) in [4.78, 5) is 4.46. The lowest BCUT2D eigenvalue weighted by Gasteiger charge is -2.44. The highest BCUT2D eigenvalue weighted by Gasteiger charge is 2.64. The van der Waals surface area contributed by atoms with Gasteiger partial charge < -0.3 is 9.47 Å². The van der Waals surface area contributed by atoms with Crippen LogP contribution in [0.25, 0.3) is 0 Å². The molecule has 1 saturated carbocycles. The highest BCUT2D eigenvalue weighted by atomic mass is 35.5. The standard InChI is InChI=1S/C21H19ClF3NO2/c1-27-16-7-4-14(5-8-16)19-26-18-9-6-15(22)12-17(18)20(28-19,21(23,24)25)11-10-13-2-3-13/h4-9,12-14,16-17,19H,2-3H2,1H3/t14?,16?,17-,19-,20-/m1/s1. The van der Waals surface area contributed by atoms with E-state index in [1.54, 1.807) is 37.5 Å². The van der Waals surface area contributed by atoms with Gasteiger partial charge in [0.05, 0.1) is 12.0 Å². The minimum Gasteiger partial charge on any atom is -0.373 e. The molecule has 0 saturated heterocycles. The van der Waals surface area contributed by atoms with E-state index in [4.69, 9.17) is 21.1 Å². The molecule has 3 nitrogen and oxygen atoms in total. The molecule has 28 heavy (non-hydrogen) atoms. The summed E-state index contributed by atoms with van der Waals surface area (Å²) >= 11 is 6.02. The number of nitrogens with zero attached hydrogens (tertiary/aromatic N) is 1. The van der Waals surface area contributed by atoms with Gasteiger partial charge in [0.25, 0.3) is 0 Å². The summed E-state index contributed by atoms with van der Waals surface area (Å²) in [5, 5.41) is 0.216. The van der Waals surface area contributed by atoms with Crippen LogP contribution >= 0.6 is 11.6 Å². The third kappa shape index (κ3) is 3.59. The van der Waals surface area contributed by atoms with Gasteiger partial charge in [0.1, 0.15) is 0 Å². The van der Waals surface area contributed by atoms with Gasteiger partial charge in [-0.1, -0.05) is 53.8 Å². The number of fused-ring (bicyclic) bond motifs is 1. The maximum absolute atomic E-state index is 14.4. The van der Waals surface area contributed by atoms with Crippen LogP contribution in [0.15, 0.2) is 52.6 Å². The second-order valence-corrected chi connectivity index (χ2v) is 7.69. The van der Waals surface area contributed by atoms with Crippen LogP contribution in [0, 0.1) is 29.6 Å². The predicted octanol–water partition coefficient (Wildman–Crippen LogP) is 4.56. The largest absolute Gasteiger partial charge is 0.429 e. The van der Waals surface area contributed by atoms with Gasteiger partial charge in [0, 0.05) is 29.7 Å². The van der Waals surface area contributed by atoms with E-state index in [1.165, 1.54) is 12.2 Å². The van der Waals surface area contributed by atoms with Crippen LogP contribution in [0.5, 0.6) is 0 Å². The number of rotatable bonds is 2. The first-order chi connectivity index (χ1) is 13.3. The summed E-state index contributed by atoms with van der Waals surface area (Å²) in [5.74, 6) is 3.57. The van der Waals surface area contributed by atoms with Crippen molar-refractivity contribution in [3.05, 3.63) is 47.6 Å². The fraction of sp³-hybridized carbons (Fsp3) is 0.476. The Morgan fingerprint density at radius 2 is 1.93 bits per heavy atom. The SMILES string of the molecule is COC1C=CC([C@@H]2N=C3C=CC(Cl)=C[C@H]3[C@](C#CC3CC3)(C(F)(F)F)O2)C=C1. The van der Waals surface area contributed by atoms with Crippen molar-refractivity contribution in [2.75, 3.05) is 7.11 Å². The van der Waals surface area contributed by atoms with Gasteiger partial charge in [-0.15, -0.1) is 0 Å². The Kier molecular flexibility index (Phi) is 5.03. The molecule has 0 unspecified atom stereocenters. The number of aliphatic imine (C=N–C) groups is 1. The highest BCUT2D eigenvalue weighted by Crippen LogP contribution is 2.47. The molecule has 3 aliphatic carbocycles. The van der Waals surface area contributed by atoms with Crippen LogP contribution < -0.4 is 0 Å². The molecule has 0 N–H and O–H groups in total. The minimum atomic E-state index is -4.71. The van der Waals surface area contributed by atoms with E-state index in [9.17, 15) is 13.2 Å². The number of methoxy groups -OCH3 is 1. The molecular formula is C21H19ClF3NO2. The Bertz CT molecular complexity index is 843. The van der Waals surface area contributed by atoms with Crippen molar-refractivity contribution in [3.63, 3.8) is 0 Å². The molecule has 0 aromatic rings. The zero-order valence-electron chi connectivity index (χ0n) is 15.1. The first-order valence-electron chi connectivity index (χ1n) is 9.12. The fourth-order valence-corrected chi connectivity index (χ4v) is 3.62. The van der Waals surface area contributed by atoms with Gasteiger partial charge in [-0.25, -0.2) is 0 Å². The Hall–Kier alpha value is -1.81. The summed E-state index contributed by atoms with van der Waals surface area (Å²) in [6.07, 6.45) is 7.14. The summed E-state index contributed by atoms with van der Waals surface area (Å²) in [7, 11) is 1.56. The minimum absolute atomic E-state index is 0.000826. The van der Waals surface area contributed by atoms with E-state index < -0.39 is 29.8 Å². The van der Waals surface area contributed by atoms with Gasteiger partial charge in [0.2, 0.25) is 5.60 Å². The van der Waals surface area contributed by atoms with Crippen molar-refractivity contribution in [3.8, 4) is 11.8 Å². The molecule has 148 valence electrons. The molecule has 0 radical (unpaired) electrons. The summed E-state index contributed by atoms with van der Waals surface area (Å²) in [5.41, 5.74) is -2.40. The second kappa shape index (κ2) is 7.22. The second-order valence-electron chi connectivity index (χ2n) is 7.25. The molecule has 3 atom stereocenters. The maximum Gasteiger partial charge on any atom is 0.429 e. The van der Waals surface area contributed by atoms with E-state index in [2.05, 4.69) is 16.8 Å². The first kappa shape index (κ1) is 19.5. The van der Waals surface area contributed by atoms with Crippen molar-refractivity contribution >= 4 is 17.3 Å². The van der Waals surface area contributed by atoms with E-state index in [0.29, 0.717) is 0 Å². The molecule has 7 heteroatoms. The van der Waals surface area contributed by atoms with Crippen LogP contribution in [0.3, 0.4) is 0 Å². The Balaban J connectivity index is 1.76. The van der Waals surface area contributed by atoms with Crippen LogP contribution in [0.4, 0.5) is 13.2 Å². The molecule has 1 aliphatic heterocycles. The molecule has 1 fully saturated rings. The van der Waals surface area contributed by atoms with Crippen LogP contribution in [0.2, 0.25) is 0 Å². The quantitative estimate of drug-likeness (QED) is 0.494. The molecule has 4 aliphatic rings.